The largest absolute Gasteiger partial charge is 0.492 e. The van der Waals surface area contributed by atoms with Crippen molar-refractivity contribution in [3.8, 4) is 5.75 Å². The van der Waals surface area contributed by atoms with Crippen LogP contribution in [0.25, 0.3) is 0 Å². The molecule has 5 nitrogen and oxygen atoms in total. The Bertz CT molecular complexity index is 1060. The lowest BCUT2D eigenvalue weighted by Gasteiger charge is -2.37. The van der Waals surface area contributed by atoms with E-state index in [1.807, 2.05) is 12.1 Å². The molecule has 2 aliphatic heterocycles. The zero-order chi connectivity index (χ0) is 23.4. The topological polar surface area (TPSA) is 55.8 Å². The second kappa shape index (κ2) is 10.7. The molecule has 2 heterocycles. The Labute approximate surface area is 202 Å². The third kappa shape index (κ3) is 5.87. The predicted molar refractivity (Wildman–Crippen MR) is 135 cm³/mol. The van der Waals surface area contributed by atoms with E-state index in [2.05, 4.69) is 36.4 Å². The van der Waals surface area contributed by atoms with E-state index in [0.29, 0.717) is 24.3 Å². The molecule has 2 aliphatic rings. The Balaban J connectivity index is 1.58. The van der Waals surface area contributed by atoms with Gasteiger partial charge < -0.3 is 13.8 Å². The molecule has 180 valence electrons. The SMILES string of the molecule is CCc1ccc2c(c1)CCC(CC)N2Sc1ccc(OCC2CCOCC2)c(S(C)(=O)=O)c1. The molecular weight excluding hydrogens is 454 g/mol. The van der Waals surface area contributed by atoms with Gasteiger partial charge in [-0.15, -0.1) is 0 Å². The van der Waals surface area contributed by atoms with E-state index in [4.69, 9.17) is 9.47 Å². The molecule has 0 radical (unpaired) electrons. The molecule has 0 aromatic heterocycles. The minimum Gasteiger partial charge on any atom is -0.492 e. The van der Waals surface area contributed by atoms with Gasteiger partial charge in [0.1, 0.15) is 10.6 Å². The van der Waals surface area contributed by atoms with Crippen molar-refractivity contribution >= 4 is 27.5 Å². The fraction of sp³-hybridized carbons (Fsp3) is 0.538. The Morgan fingerprint density at radius 2 is 1.88 bits per heavy atom. The van der Waals surface area contributed by atoms with Crippen LogP contribution >= 0.6 is 11.9 Å². The molecule has 0 amide bonds. The quantitative estimate of drug-likeness (QED) is 0.444. The smallest absolute Gasteiger partial charge is 0.179 e. The standard InChI is InChI=1S/C26H35NO4S2/c1-4-19-6-10-24-21(16-19)7-8-22(5-2)27(24)32-23-9-11-25(26(17-23)33(3,28)29)31-18-20-12-14-30-15-13-20/h6,9-11,16-17,20,22H,4-5,7-8,12-15,18H2,1-3H3. The van der Waals surface area contributed by atoms with Crippen LogP contribution in [-0.2, 0) is 27.4 Å². The molecule has 0 spiro atoms. The van der Waals surface area contributed by atoms with Gasteiger partial charge in [-0.1, -0.05) is 26.0 Å². The van der Waals surface area contributed by atoms with Gasteiger partial charge in [0.25, 0.3) is 0 Å². The van der Waals surface area contributed by atoms with Crippen molar-refractivity contribution in [2.45, 2.75) is 68.2 Å². The predicted octanol–water partition coefficient (Wildman–Crippen LogP) is 5.70. The molecule has 4 rings (SSSR count). The zero-order valence-electron chi connectivity index (χ0n) is 19.9. The summed E-state index contributed by atoms with van der Waals surface area (Å²) in [6.07, 6.45) is 7.44. The lowest BCUT2D eigenvalue weighted by Crippen LogP contribution is -2.33. The van der Waals surface area contributed by atoms with E-state index in [-0.39, 0.29) is 4.90 Å². The number of benzene rings is 2. The number of aryl methyl sites for hydroxylation is 2. The molecule has 1 unspecified atom stereocenters. The van der Waals surface area contributed by atoms with Crippen LogP contribution in [0.5, 0.6) is 5.75 Å². The Morgan fingerprint density at radius 3 is 2.58 bits per heavy atom. The summed E-state index contributed by atoms with van der Waals surface area (Å²) in [7, 11) is -3.42. The number of fused-ring (bicyclic) bond motifs is 1. The van der Waals surface area contributed by atoms with Gasteiger partial charge in [-0.3, -0.25) is 0 Å². The first-order valence-corrected chi connectivity index (χ1v) is 14.7. The third-order valence-electron chi connectivity index (χ3n) is 6.67. The van der Waals surface area contributed by atoms with Gasteiger partial charge in [0.05, 0.1) is 12.3 Å². The average Bonchev–Trinajstić information content (AvgIpc) is 2.83. The lowest BCUT2D eigenvalue weighted by atomic mass is 9.94. The van der Waals surface area contributed by atoms with Gasteiger partial charge in [-0.05, 0) is 91.8 Å². The number of hydrogen-bond acceptors (Lipinski definition) is 6. The Hall–Kier alpha value is -1.70. The first kappa shape index (κ1) is 24.4. The molecular formula is C26H35NO4S2. The molecule has 1 saturated heterocycles. The fourth-order valence-corrected chi connectivity index (χ4v) is 6.71. The lowest BCUT2D eigenvalue weighted by molar-refractivity contribution is 0.0493. The zero-order valence-corrected chi connectivity index (χ0v) is 21.5. The molecule has 7 heteroatoms. The van der Waals surface area contributed by atoms with E-state index < -0.39 is 9.84 Å². The number of ether oxygens (including phenoxy) is 2. The van der Waals surface area contributed by atoms with E-state index in [1.165, 1.54) is 23.1 Å². The summed E-state index contributed by atoms with van der Waals surface area (Å²) in [4.78, 5) is 1.19. The van der Waals surface area contributed by atoms with Crippen LogP contribution in [0.15, 0.2) is 46.2 Å². The van der Waals surface area contributed by atoms with Crippen LogP contribution in [0, 0.1) is 5.92 Å². The highest BCUT2D eigenvalue weighted by Crippen LogP contribution is 2.41. The highest BCUT2D eigenvalue weighted by atomic mass is 32.2. The monoisotopic (exact) mass is 489 g/mol. The molecule has 1 fully saturated rings. The molecule has 0 saturated carbocycles. The van der Waals surface area contributed by atoms with E-state index >= 15 is 0 Å². The van der Waals surface area contributed by atoms with Gasteiger partial charge in [0, 0.05) is 30.4 Å². The summed E-state index contributed by atoms with van der Waals surface area (Å²) in [6, 6.07) is 12.8. The van der Waals surface area contributed by atoms with Crippen LogP contribution in [0.2, 0.25) is 0 Å². The number of sulfone groups is 1. The van der Waals surface area contributed by atoms with Crippen LogP contribution in [-0.4, -0.2) is 40.5 Å². The highest BCUT2D eigenvalue weighted by Gasteiger charge is 2.27. The molecule has 2 aromatic rings. The van der Waals surface area contributed by atoms with Crippen LogP contribution < -0.4 is 9.04 Å². The minimum absolute atomic E-state index is 0.270. The van der Waals surface area contributed by atoms with Gasteiger partial charge in [-0.2, -0.15) is 0 Å². The van der Waals surface area contributed by atoms with Crippen molar-refractivity contribution in [1.29, 1.82) is 0 Å². The number of nitrogens with zero attached hydrogens (tertiary/aromatic N) is 1. The molecule has 33 heavy (non-hydrogen) atoms. The van der Waals surface area contributed by atoms with Crippen molar-refractivity contribution in [2.24, 2.45) is 5.92 Å². The van der Waals surface area contributed by atoms with Crippen LogP contribution in [0.3, 0.4) is 0 Å². The summed E-state index contributed by atoms with van der Waals surface area (Å²) in [5.41, 5.74) is 3.99. The van der Waals surface area contributed by atoms with Crippen molar-refractivity contribution in [2.75, 3.05) is 30.4 Å². The maximum absolute atomic E-state index is 12.6. The van der Waals surface area contributed by atoms with Gasteiger partial charge in [0.15, 0.2) is 9.84 Å². The third-order valence-corrected chi connectivity index (χ3v) is 8.95. The summed E-state index contributed by atoms with van der Waals surface area (Å²) >= 11 is 1.64. The molecule has 0 aliphatic carbocycles. The second-order valence-corrected chi connectivity index (χ2v) is 12.1. The van der Waals surface area contributed by atoms with Crippen LogP contribution in [0.1, 0.15) is 50.7 Å². The fourth-order valence-electron chi connectivity index (χ4n) is 4.59. The van der Waals surface area contributed by atoms with Gasteiger partial charge in [0.2, 0.25) is 0 Å². The summed E-state index contributed by atoms with van der Waals surface area (Å²) in [5, 5.41) is 0. The summed E-state index contributed by atoms with van der Waals surface area (Å²) in [6.45, 7) is 6.43. The molecule has 1 atom stereocenters. The van der Waals surface area contributed by atoms with E-state index in [9.17, 15) is 8.42 Å². The minimum atomic E-state index is -3.42. The summed E-state index contributed by atoms with van der Waals surface area (Å²) in [5.74, 6) is 0.857. The number of anilines is 1. The van der Waals surface area contributed by atoms with Crippen molar-refractivity contribution in [3.05, 3.63) is 47.5 Å². The first-order chi connectivity index (χ1) is 15.9. The van der Waals surface area contributed by atoms with Gasteiger partial charge in [-0.25, -0.2) is 8.42 Å². The van der Waals surface area contributed by atoms with Gasteiger partial charge >= 0.3 is 0 Å². The Morgan fingerprint density at radius 1 is 1.09 bits per heavy atom. The van der Waals surface area contributed by atoms with Crippen molar-refractivity contribution < 1.29 is 17.9 Å². The average molecular weight is 490 g/mol. The maximum atomic E-state index is 12.6. The first-order valence-electron chi connectivity index (χ1n) is 12.0. The Kier molecular flexibility index (Phi) is 7.92. The van der Waals surface area contributed by atoms with E-state index in [0.717, 1.165) is 56.6 Å². The number of hydrogen-bond donors (Lipinski definition) is 0. The molecule has 0 bridgehead atoms. The van der Waals surface area contributed by atoms with Crippen LogP contribution in [0.4, 0.5) is 5.69 Å². The maximum Gasteiger partial charge on any atom is 0.179 e. The second-order valence-electron chi connectivity index (χ2n) is 9.08. The summed E-state index contributed by atoms with van der Waals surface area (Å²) < 4.78 is 39.0. The molecule has 2 aromatic carbocycles. The normalized spacial score (nSPS) is 19.4. The highest BCUT2D eigenvalue weighted by molar-refractivity contribution is 8.00. The number of rotatable bonds is 8. The van der Waals surface area contributed by atoms with Crippen molar-refractivity contribution in [1.82, 2.24) is 0 Å². The molecule has 0 N–H and O–H groups in total. The van der Waals surface area contributed by atoms with E-state index in [1.54, 1.807) is 18.0 Å². The van der Waals surface area contributed by atoms with Crippen molar-refractivity contribution in [3.63, 3.8) is 0 Å².